The predicted molar refractivity (Wildman–Crippen MR) is 102 cm³/mol. The van der Waals surface area contributed by atoms with Crippen LogP contribution in [0.25, 0.3) is 0 Å². The fourth-order valence-corrected chi connectivity index (χ4v) is 6.24. The van der Waals surface area contributed by atoms with E-state index in [9.17, 15) is 0 Å². The number of rotatable bonds is 8. The number of hydrogen-bond acceptors (Lipinski definition) is 5. The molecule has 0 aliphatic carbocycles. The number of thiol groups is 2. The maximum Gasteiger partial charge on any atom is 0.0269 e. The van der Waals surface area contributed by atoms with Gasteiger partial charge in [0.2, 0.25) is 0 Å². The summed E-state index contributed by atoms with van der Waals surface area (Å²) in [6, 6.07) is 0. The van der Waals surface area contributed by atoms with Gasteiger partial charge in [0.15, 0.2) is 0 Å². The molecule has 0 amide bonds. The summed E-state index contributed by atoms with van der Waals surface area (Å²) >= 11 is 12.8. The maximum absolute atomic E-state index is 4.63. The first-order valence-electron chi connectivity index (χ1n) is 6.68. The Morgan fingerprint density at radius 2 is 0.947 bits per heavy atom. The van der Waals surface area contributed by atoms with Crippen LogP contribution in [0, 0.1) is 0 Å². The molecule has 0 rings (SSSR count). The third kappa shape index (κ3) is 12.8. The average molecular weight is 342 g/mol. The van der Waals surface area contributed by atoms with Crippen molar-refractivity contribution in [2.45, 2.75) is 87.2 Å². The molecule has 0 saturated heterocycles. The normalized spacial score (nSPS) is 14.8. The van der Waals surface area contributed by atoms with Crippen LogP contribution in [0.5, 0.6) is 0 Å². The van der Waals surface area contributed by atoms with Crippen LogP contribution < -0.4 is 4.13 Å². The second-order valence-corrected chi connectivity index (χ2v) is 13.5. The molecule has 0 aromatic rings. The monoisotopic (exact) mass is 341 g/mol. The van der Waals surface area contributed by atoms with Gasteiger partial charge in [-0.2, -0.15) is 25.3 Å². The molecule has 0 aliphatic rings. The van der Waals surface area contributed by atoms with Crippen LogP contribution in [0.2, 0.25) is 0 Å². The smallest absolute Gasteiger partial charge is 0.0269 e. The van der Waals surface area contributed by atoms with Crippen molar-refractivity contribution in [3.8, 4) is 0 Å². The van der Waals surface area contributed by atoms with Crippen LogP contribution in [0.3, 0.4) is 0 Å². The van der Waals surface area contributed by atoms with E-state index >= 15 is 0 Å². The summed E-state index contributed by atoms with van der Waals surface area (Å²) in [4.78, 5) is 0. The van der Waals surface area contributed by atoms with E-state index in [1.807, 2.05) is 0 Å². The van der Waals surface area contributed by atoms with E-state index in [1.54, 1.807) is 23.9 Å². The third-order valence-electron chi connectivity index (χ3n) is 2.35. The molecule has 0 heterocycles. The minimum Gasteiger partial charge on any atom is -0.207 e. The lowest BCUT2D eigenvalue weighted by Gasteiger charge is -2.34. The topological polar surface area (TPSA) is 12.0 Å². The molecule has 1 N–H and O–H groups in total. The molecule has 0 spiro atoms. The van der Waals surface area contributed by atoms with E-state index in [0.717, 1.165) is 12.8 Å². The second-order valence-electron chi connectivity index (χ2n) is 7.79. The highest BCUT2D eigenvalue weighted by molar-refractivity contribution is 8.13. The largest absolute Gasteiger partial charge is 0.207 e. The van der Waals surface area contributed by atoms with Crippen LogP contribution in [-0.4, -0.2) is 19.0 Å². The molecule has 0 aromatic carbocycles. The standard InChI is InChI=1S/C14H31NS4/c1-11(2,16)9-13(5,6)18-15-19-14(7,8)10-12(3,4)17/h15-17H,9-10H2,1-8H3. The summed E-state index contributed by atoms with van der Waals surface area (Å²) < 4.78 is 3.94. The number of nitrogens with one attached hydrogen (secondary N) is 1. The van der Waals surface area contributed by atoms with E-state index < -0.39 is 0 Å². The zero-order valence-electron chi connectivity index (χ0n) is 13.6. The van der Waals surface area contributed by atoms with E-state index in [-0.39, 0.29) is 19.0 Å². The molecule has 19 heavy (non-hydrogen) atoms. The molecule has 5 heteroatoms. The van der Waals surface area contributed by atoms with Gasteiger partial charge >= 0.3 is 0 Å². The maximum atomic E-state index is 4.63. The molecule has 0 unspecified atom stereocenters. The second kappa shape index (κ2) is 7.08. The van der Waals surface area contributed by atoms with Gasteiger partial charge in [-0.15, -0.1) is 0 Å². The van der Waals surface area contributed by atoms with Crippen molar-refractivity contribution in [1.29, 1.82) is 0 Å². The quantitative estimate of drug-likeness (QED) is 0.391. The fourth-order valence-electron chi connectivity index (χ4n) is 2.40. The Hall–Kier alpha value is 1.36. The van der Waals surface area contributed by atoms with Crippen molar-refractivity contribution in [1.82, 2.24) is 4.13 Å². The van der Waals surface area contributed by atoms with Crippen molar-refractivity contribution in [3.05, 3.63) is 0 Å². The van der Waals surface area contributed by atoms with Gasteiger partial charge in [-0.1, -0.05) is 51.6 Å². The molecular formula is C14H31NS4. The molecule has 0 fully saturated rings. The first-order chi connectivity index (χ1) is 8.12. The van der Waals surface area contributed by atoms with Gasteiger partial charge in [-0.05, 0) is 40.5 Å². The first-order valence-corrected chi connectivity index (χ1v) is 9.21. The average Bonchev–Trinajstić information content (AvgIpc) is 1.90. The van der Waals surface area contributed by atoms with Crippen molar-refractivity contribution in [2.24, 2.45) is 0 Å². The SMILES string of the molecule is CC(C)(S)CC(C)(C)SNSC(C)(C)CC(C)(C)S. The Balaban J connectivity index is 4.21. The van der Waals surface area contributed by atoms with Crippen LogP contribution in [0.4, 0.5) is 0 Å². The van der Waals surface area contributed by atoms with Gasteiger partial charge in [0, 0.05) is 19.0 Å². The lowest BCUT2D eigenvalue weighted by Crippen LogP contribution is -2.31. The Morgan fingerprint density at radius 3 is 1.16 bits per heavy atom. The van der Waals surface area contributed by atoms with Crippen LogP contribution in [0.15, 0.2) is 0 Å². The molecule has 0 saturated carbocycles. The van der Waals surface area contributed by atoms with Gasteiger partial charge < -0.3 is 0 Å². The van der Waals surface area contributed by atoms with Gasteiger partial charge in [0.05, 0.1) is 0 Å². The van der Waals surface area contributed by atoms with Crippen LogP contribution in [0.1, 0.15) is 68.2 Å². The molecular weight excluding hydrogens is 310 g/mol. The minimum absolute atomic E-state index is 0.0610. The lowest BCUT2D eigenvalue weighted by molar-refractivity contribution is 0.540. The summed E-state index contributed by atoms with van der Waals surface area (Å²) in [6.45, 7) is 17.7. The van der Waals surface area contributed by atoms with E-state index in [0.29, 0.717) is 0 Å². The van der Waals surface area contributed by atoms with Crippen LogP contribution in [-0.2, 0) is 0 Å². The first kappa shape index (κ1) is 20.4. The van der Waals surface area contributed by atoms with Crippen molar-refractivity contribution in [2.75, 3.05) is 0 Å². The molecule has 0 aliphatic heterocycles. The molecule has 0 radical (unpaired) electrons. The van der Waals surface area contributed by atoms with Gasteiger partial charge in [-0.25, -0.2) is 4.13 Å². The van der Waals surface area contributed by atoms with Gasteiger partial charge in [-0.3, -0.25) is 0 Å². The highest BCUT2D eigenvalue weighted by Crippen LogP contribution is 2.39. The van der Waals surface area contributed by atoms with Crippen molar-refractivity contribution >= 4 is 49.2 Å². The fraction of sp³-hybridized carbons (Fsp3) is 1.00. The Labute approximate surface area is 140 Å². The van der Waals surface area contributed by atoms with Gasteiger partial charge in [0.25, 0.3) is 0 Å². The zero-order chi connectivity index (χ0) is 15.5. The predicted octanol–water partition coefficient (Wildman–Crippen LogP) is 5.63. The lowest BCUT2D eigenvalue weighted by atomic mass is 9.99. The Morgan fingerprint density at radius 1 is 0.684 bits per heavy atom. The Bertz CT molecular complexity index is 246. The number of hydrogen-bond donors (Lipinski definition) is 3. The van der Waals surface area contributed by atoms with Gasteiger partial charge in [0.1, 0.15) is 0 Å². The summed E-state index contributed by atoms with van der Waals surface area (Å²) in [7, 11) is 0. The highest BCUT2D eigenvalue weighted by atomic mass is 32.2. The minimum atomic E-state index is 0.0610. The molecule has 1 nitrogen and oxygen atoms in total. The molecule has 0 aromatic heterocycles. The molecule has 116 valence electrons. The Kier molecular flexibility index (Phi) is 7.59. The van der Waals surface area contributed by atoms with E-state index in [4.69, 9.17) is 0 Å². The van der Waals surface area contributed by atoms with E-state index in [2.05, 4.69) is 84.8 Å². The zero-order valence-corrected chi connectivity index (χ0v) is 17.0. The summed E-state index contributed by atoms with van der Waals surface area (Å²) in [5, 5.41) is 0. The molecule has 0 atom stereocenters. The highest BCUT2D eigenvalue weighted by Gasteiger charge is 2.30. The summed E-state index contributed by atoms with van der Waals surface area (Å²) in [6.07, 6.45) is 2.11. The van der Waals surface area contributed by atoms with Crippen LogP contribution >= 0.6 is 49.2 Å². The molecule has 0 bridgehead atoms. The summed E-state index contributed by atoms with van der Waals surface area (Å²) in [5.74, 6) is 0. The van der Waals surface area contributed by atoms with Crippen molar-refractivity contribution in [3.63, 3.8) is 0 Å². The summed E-state index contributed by atoms with van der Waals surface area (Å²) in [5.41, 5.74) is 0. The van der Waals surface area contributed by atoms with Crippen molar-refractivity contribution < 1.29 is 0 Å². The third-order valence-corrected chi connectivity index (χ3v) is 4.73. The van der Waals surface area contributed by atoms with E-state index in [1.165, 1.54) is 0 Å².